The minimum Gasteiger partial charge on any atom is -0.370 e. The maximum atomic E-state index is 12.8. The third-order valence-corrected chi connectivity index (χ3v) is 3.83. The van der Waals surface area contributed by atoms with Crippen molar-refractivity contribution in [2.24, 2.45) is 0 Å². The highest BCUT2D eigenvalue weighted by atomic mass is 32.1. The number of halogens is 1. The van der Waals surface area contributed by atoms with Crippen molar-refractivity contribution in [2.75, 3.05) is 39.4 Å². The Balaban J connectivity index is 1.57. The molecule has 0 radical (unpaired) electrons. The molecular formula is C15H22FN4O2S+. The van der Waals surface area contributed by atoms with Gasteiger partial charge in [0.1, 0.15) is 18.9 Å². The molecule has 0 bridgehead atoms. The zero-order valence-corrected chi connectivity index (χ0v) is 13.7. The van der Waals surface area contributed by atoms with Crippen molar-refractivity contribution in [3.05, 3.63) is 35.6 Å². The van der Waals surface area contributed by atoms with Crippen LogP contribution in [0.3, 0.4) is 0 Å². The Morgan fingerprint density at radius 2 is 1.91 bits per heavy atom. The molecule has 1 fully saturated rings. The molecule has 1 heterocycles. The van der Waals surface area contributed by atoms with E-state index >= 15 is 0 Å². The molecule has 0 spiro atoms. The van der Waals surface area contributed by atoms with E-state index in [1.807, 2.05) is 0 Å². The second-order valence-electron chi connectivity index (χ2n) is 5.31. The van der Waals surface area contributed by atoms with Gasteiger partial charge in [0.2, 0.25) is 0 Å². The van der Waals surface area contributed by atoms with Crippen LogP contribution in [0.1, 0.15) is 16.8 Å². The molecule has 1 saturated heterocycles. The van der Waals surface area contributed by atoms with Crippen molar-refractivity contribution >= 4 is 23.2 Å². The maximum absolute atomic E-state index is 12.8. The number of hydrazine groups is 1. The number of carbonyl (C=O) groups excluding carboxylic acids is 1. The van der Waals surface area contributed by atoms with Crippen molar-refractivity contribution < 1.29 is 18.8 Å². The number of thiocarbonyl (C=S) groups is 1. The SMILES string of the molecule is O=C(NNC(=S)NCCC[NH+]1CCOCC1)c1ccc(F)cc1. The van der Waals surface area contributed by atoms with Crippen LogP contribution in [0, 0.1) is 5.82 Å². The molecule has 2 rings (SSSR count). The smallest absolute Gasteiger partial charge is 0.269 e. The molecule has 23 heavy (non-hydrogen) atoms. The van der Waals surface area contributed by atoms with Crippen molar-refractivity contribution in [3.63, 3.8) is 0 Å². The lowest BCUT2D eigenvalue weighted by Gasteiger charge is -2.23. The van der Waals surface area contributed by atoms with Gasteiger partial charge in [0.15, 0.2) is 5.11 Å². The highest BCUT2D eigenvalue weighted by molar-refractivity contribution is 7.80. The topological polar surface area (TPSA) is 66.8 Å². The summed E-state index contributed by atoms with van der Waals surface area (Å²) in [5.41, 5.74) is 5.46. The first kappa shape index (κ1) is 17.6. The Bertz CT molecular complexity index is 521. The van der Waals surface area contributed by atoms with Gasteiger partial charge in [-0.1, -0.05) is 0 Å². The van der Waals surface area contributed by atoms with Gasteiger partial charge in [0.05, 0.1) is 19.8 Å². The molecule has 0 atom stereocenters. The first-order valence-electron chi connectivity index (χ1n) is 7.66. The summed E-state index contributed by atoms with van der Waals surface area (Å²) in [5, 5.41) is 3.40. The van der Waals surface area contributed by atoms with E-state index in [4.69, 9.17) is 17.0 Å². The lowest BCUT2D eigenvalue weighted by atomic mass is 10.2. The maximum Gasteiger partial charge on any atom is 0.269 e. The van der Waals surface area contributed by atoms with Crippen LogP contribution >= 0.6 is 12.2 Å². The predicted octanol–water partition coefficient (Wildman–Crippen LogP) is -0.760. The minimum absolute atomic E-state index is 0.359. The van der Waals surface area contributed by atoms with Crippen LogP contribution in [0.2, 0.25) is 0 Å². The number of rotatable bonds is 5. The minimum atomic E-state index is -0.380. The highest BCUT2D eigenvalue weighted by Gasteiger charge is 2.12. The number of hydrogen-bond acceptors (Lipinski definition) is 3. The average Bonchev–Trinajstić information content (AvgIpc) is 2.58. The van der Waals surface area contributed by atoms with E-state index < -0.39 is 0 Å². The fourth-order valence-electron chi connectivity index (χ4n) is 2.28. The van der Waals surface area contributed by atoms with Crippen LogP contribution in [-0.4, -0.2) is 50.4 Å². The fraction of sp³-hybridized carbons (Fsp3) is 0.467. The summed E-state index contributed by atoms with van der Waals surface area (Å²) in [6, 6.07) is 5.29. The molecule has 0 saturated carbocycles. The first-order valence-corrected chi connectivity index (χ1v) is 8.07. The van der Waals surface area contributed by atoms with E-state index in [9.17, 15) is 9.18 Å². The second-order valence-corrected chi connectivity index (χ2v) is 5.72. The van der Waals surface area contributed by atoms with E-state index in [-0.39, 0.29) is 11.7 Å². The van der Waals surface area contributed by atoms with Crippen LogP contribution in [0.5, 0.6) is 0 Å². The monoisotopic (exact) mass is 341 g/mol. The van der Waals surface area contributed by atoms with Gasteiger partial charge in [-0.25, -0.2) is 4.39 Å². The summed E-state index contributed by atoms with van der Waals surface area (Å²) >= 11 is 5.09. The summed E-state index contributed by atoms with van der Waals surface area (Å²) in [5.74, 6) is -0.749. The Labute approximate surface area is 140 Å². The highest BCUT2D eigenvalue weighted by Crippen LogP contribution is 2.01. The van der Waals surface area contributed by atoms with Gasteiger partial charge >= 0.3 is 0 Å². The number of quaternary nitrogens is 1. The Morgan fingerprint density at radius 3 is 2.61 bits per heavy atom. The number of hydrogen-bond donors (Lipinski definition) is 4. The number of amides is 1. The Hall–Kier alpha value is -1.77. The van der Waals surface area contributed by atoms with Crippen molar-refractivity contribution in [1.29, 1.82) is 0 Å². The summed E-state index contributed by atoms with van der Waals surface area (Å²) in [6.07, 6.45) is 0.989. The van der Waals surface area contributed by atoms with Gasteiger partial charge in [0, 0.05) is 18.5 Å². The molecule has 1 aromatic carbocycles. The third-order valence-electron chi connectivity index (χ3n) is 3.59. The van der Waals surface area contributed by atoms with Gasteiger partial charge < -0.3 is 15.0 Å². The summed E-state index contributed by atoms with van der Waals surface area (Å²) < 4.78 is 18.1. The molecular weight excluding hydrogens is 319 g/mol. The molecule has 1 amide bonds. The number of nitrogens with one attached hydrogen (secondary N) is 4. The lowest BCUT2D eigenvalue weighted by molar-refractivity contribution is -0.908. The van der Waals surface area contributed by atoms with E-state index in [2.05, 4.69) is 16.2 Å². The third kappa shape index (κ3) is 6.47. The van der Waals surface area contributed by atoms with Gasteiger partial charge in [-0.05, 0) is 36.5 Å². The van der Waals surface area contributed by atoms with Crippen molar-refractivity contribution in [1.82, 2.24) is 16.2 Å². The molecule has 1 aromatic rings. The largest absolute Gasteiger partial charge is 0.370 e. The molecule has 126 valence electrons. The molecule has 8 heteroatoms. The normalized spacial score (nSPS) is 15.0. The fourth-order valence-corrected chi connectivity index (χ4v) is 2.43. The molecule has 1 aliphatic rings. The molecule has 4 N–H and O–H groups in total. The zero-order valence-electron chi connectivity index (χ0n) is 12.9. The van der Waals surface area contributed by atoms with Gasteiger partial charge in [-0.3, -0.25) is 15.6 Å². The van der Waals surface area contributed by atoms with Crippen molar-refractivity contribution in [2.45, 2.75) is 6.42 Å². The summed E-state index contributed by atoms with van der Waals surface area (Å²) in [4.78, 5) is 13.3. The van der Waals surface area contributed by atoms with Crippen LogP contribution < -0.4 is 21.1 Å². The van der Waals surface area contributed by atoms with E-state index in [0.717, 1.165) is 45.8 Å². The van der Waals surface area contributed by atoms with Gasteiger partial charge in [-0.15, -0.1) is 0 Å². The first-order chi connectivity index (χ1) is 11.1. The Kier molecular flexibility index (Phi) is 7.18. The quantitative estimate of drug-likeness (QED) is 0.322. The van der Waals surface area contributed by atoms with Crippen molar-refractivity contribution in [3.8, 4) is 0 Å². The molecule has 1 aliphatic heterocycles. The average molecular weight is 341 g/mol. The number of morpholine rings is 1. The van der Waals surface area contributed by atoms with E-state index in [1.165, 1.54) is 24.3 Å². The molecule has 0 aromatic heterocycles. The lowest BCUT2D eigenvalue weighted by Crippen LogP contribution is -3.14. The van der Waals surface area contributed by atoms with Crippen LogP contribution in [0.4, 0.5) is 4.39 Å². The van der Waals surface area contributed by atoms with E-state index in [1.54, 1.807) is 4.90 Å². The predicted molar refractivity (Wildman–Crippen MR) is 88.6 cm³/mol. The van der Waals surface area contributed by atoms with Gasteiger partial charge in [-0.2, -0.15) is 0 Å². The van der Waals surface area contributed by atoms with Gasteiger partial charge in [0.25, 0.3) is 5.91 Å². The molecule has 0 unspecified atom stereocenters. The van der Waals surface area contributed by atoms with Crippen LogP contribution in [-0.2, 0) is 4.74 Å². The summed E-state index contributed by atoms with van der Waals surface area (Å²) in [6.45, 7) is 5.58. The van der Waals surface area contributed by atoms with Crippen LogP contribution in [0.15, 0.2) is 24.3 Å². The molecule has 0 aliphatic carbocycles. The number of ether oxygens (including phenoxy) is 1. The summed E-state index contributed by atoms with van der Waals surface area (Å²) in [7, 11) is 0. The standard InChI is InChI=1S/C15H21FN4O2S/c16-13-4-2-12(3-5-13)14(21)18-19-15(23)17-6-1-7-20-8-10-22-11-9-20/h2-5H,1,6-11H2,(H,18,21)(H2,17,19,23)/p+1. The number of benzene rings is 1. The Morgan fingerprint density at radius 1 is 1.22 bits per heavy atom. The molecule has 6 nitrogen and oxygen atoms in total. The zero-order chi connectivity index (χ0) is 16.5. The second kappa shape index (κ2) is 9.39. The van der Waals surface area contributed by atoms with Crippen LogP contribution in [0.25, 0.3) is 0 Å². The van der Waals surface area contributed by atoms with E-state index in [0.29, 0.717) is 10.7 Å². The number of carbonyl (C=O) groups is 1.